The van der Waals surface area contributed by atoms with Gasteiger partial charge in [0.1, 0.15) is 17.4 Å². The Kier molecular flexibility index (Phi) is 5.23. The summed E-state index contributed by atoms with van der Waals surface area (Å²) >= 11 is 1.55. The van der Waals surface area contributed by atoms with Gasteiger partial charge < -0.3 is 15.0 Å². The fourth-order valence-electron chi connectivity index (χ4n) is 4.41. The standard InChI is InChI=1S/C23H22FN3O2S/c24-17-8-6-16(7-9-17)22-26-19(14-30-22)18-12-27(20-10-11-25-21(18)20)23(28)29-13-15-4-2-1-3-5-15/h1-9,14,18,20-21,25H,10-13H2. The Balaban J connectivity index is 1.31. The first-order chi connectivity index (χ1) is 14.7. The predicted octanol–water partition coefficient (Wildman–Crippen LogP) is 4.42. The van der Waals surface area contributed by atoms with E-state index in [9.17, 15) is 9.18 Å². The fraction of sp³-hybridized carbons (Fsp3) is 0.304. The summed E-state index contributed by atoms with van der Waals surface area (Å²) < 4.78 is 18.8. The minimum Gasteiger partial charge on any atom is -0.445 e. The van der Waals surface area contributed by atoms with E-state index in [1.54, 1.807) is 23.5 Å². The van der Waals surface area contributed by atoms with Crippen LogP contribution in [0.15, 0.2) is 60.0 Å². The molecular formula is C23H22FN3O2S. The molecule has 154 valence electrons. The van der Waals surface area contributed by atoms with E-state index >= 15 is 0 Å². The van der Waals surface area contributed by atoms with Gasteiger partial charge in [0, 0.05) is 29.4 Å². The van der Waals surface area contributed by atoms with Gasteiger partial charge in [-0.1, -0.05) is 30.3 Å². The Hall–Kier alpha value is -2.77. The van der Waals surface area contributed by atoms with Gasteiger partial charge in [-0.15, -0.1) is 11.3 Å². The molecule has 2 aromatic carbocycles. The Morgan fingerprint density at radius 2 is 2.00 bits per heavy atom. The molecule has 5 rings (SSSR count). The number of fused-ring (bicyclic) bond motifs is 1. The van der Waals surface area contributed by atoms with Crippen LogP contribution in [-0.4, -0.2) is 41.2 Å². The molecule has 3 atom stereocenters. The monoisotopic (exact) mass is 423 g/mol. The smallest absolute Gasteiger partial charge is 0.410 e. The van der Waals surface area contributed by atoms with Gasteiger partial charge in [0.15, 0.2) is 0 Å². The normalized spacial score (nSPS) is 22.8. The van der Waals surface area contributed by atoms with Crippen LogP contribution in [0.1, 0.15) is 23.6 Å². The number of nitrogens with zero attached hydrogens (tertiary/aromatic N) is 2. The average molecular weight is 424 g/mol. The lowest BCUT2D eigenvalue weighted by atomic mass is 9.98. The second-order valence-electron chi connectivity index (χ2n) is 7.72. The van der Waals surface area contributed by atoms with Crippen LogP contribution in [0.3, 0.4) is 0 Å². The van der Waals surface area contributed by atoms with Crippen molar-refractivity contribution in [3.63, 3.8) is 0 Å². The minimum atomic E-state index is -0.269. The topological polar surface area (TPSA) is 54.5 Å². The molecule has 1 N–H and O–H groups in total. The molecule has 0 bridgehead atoms. The highest BCUT2D eigenvalue weighted by molar-refractivity contribution is 7.13. The molecule has 7 heteroatoms. The second kappa shape index (κ2) is 8.16. The third-order valence-corrected chi connectivity index (χ3v) is 6.80. The third kappa shape index (κ3) is 3.70. The van der Waals surface area contributed by atoms with E-state index < -0.39 is 0 Å². The molecule has 2 saturated heterocycles. The van der Waals surface area contributed by atoms with Crippen molar-refractivity contribution in [2.75, 3.05) is 13.1 Å². The summed E-state index contributed by atoms with van der Waals surface area (Å²) in [7, 11) is 0. The molecule has 0 radical (unpaired) electrons. The number of hydrogen-bond acceptors (Lipinski definition) is 5. The van der Waals surface area contributed by atoms with Crippen LogP contribution < -0.4 is 5.32 Å². The van der Waals surface area contributed by atoms with E-state index in [1.165, 1.54) is 12.1 Å². The van der Waals surface area contributed by atoms with Crippen molar-refractivity contribution >= 4 is 17.4 Å². The highest BCUT2D eigenvalue weighted by Gasteiger charge is 2.48. The van der Waals surface area contributed by atoms with Crippen molar-refractivity contribution in [3.05, 3.63) is 77.1 Å². The van der Waals surface area contributed by atoms with Crippen molar-refractivity contribution in [1.29, 1.82) is 0 Å². The summed E-state index contributed by atoms with van der Waals surface area (Å²) in [4.78, 5) is 19.5. The van der Waals surface area contributed by atoms with Crippen molar-refractivity contribution in [3.8, 4) is 10.6 Å². The lowest BCUT2D eigenvalue weighted by Gasteiger charge is -2.22. The van der Waals surface area contributed by atoms with E-state index in [1.807, 2.05) is 35.2 Å². The number of rotatable bonds is 4. The number of nitrogens with one attached hydrogen (secondary N) is 1. The summed E-state index contributed by atoms with van der Waals surface area (Å²) in [5.41, 5.74) is 2.86. The van der Waals surface area contributed by atoms with Gasteiger partial charge in [-0.25, -0.2) is 14.2 Å². The maximum Gasteiger partial charge on any atom is 0.410 e. The molecule has 30 heavy (non-hydrogen) atoms. The van der Waals surface area contributed by atoms with Gasteiger partial charge in [-0.3, -0.25) is 0 Å². The largest absolute Gasteiger partial charge is 0.445 e. The van der Waals surface area contributed by atoms with Crippen LogP contribution in [0.4, 0.5) is 9.18 Å². The van der Waals surface area contributed by atoms with Gasteiger partial charge in [-0.05, 0) is 42.8 Å². The minimum absolute atomic E-state index is 0.118. The lowest BCUT2D eigenvalue weighted by molar-refractivity contribution is 0.0919. The maximum atomic E-state index is 13.2. The van der Waals surface area contributed by atoms with E-state index in [0.29, 0.717) is 6.54 Å². The number of aromatic nitrogens is 1. The number of amides is 1. The lowest BCUT2D eigenvalue weighted by Crippen LogP contribution is -2.39. The van der Waals surface area contributed by atoms with Gasteiger partial charge >= 0.3 is 6.09 Å². The summed E-state index contributed by atoms with van der Waals surface area (Å²) in [5, 5.41) is 6.47. The Bertz CT molecular complexity index is 1020. The molecule has 3 heterocycles. The van der Waals surface area contributed by atoms with Gasteiger partial charge in [0.05, 0.1) is 11.7 Å². The number of carbonyl (C=O) groups excluding carboxylic acids is 1. The molecular weight excluding hydrogens is 401 g/mol. The third-order valence-electron chi connectivity index (χ3n) is 5.89. The van der Waals surface area contributed by atoms with Gasteiger partial charge in [0.2, 0.25) is 0 Å². The summed E-state index contributed by atoms with van der Waals surface area (Å²) in [6.45, 7) is 1.74. The van der Waals surface area contributed by atoms with Gasteiger partial charge in [-0.2, -0.15) is 0 Å². The molecule has 0 spiro atoms. The Labute approximate surface area is 178 Å². The van der Waals surface area contributed by atoms with Crippen LogP contribution in [0, 0.1) is 5.82 Å². The average Bonchev–Trinajstić information content (AvgIpc) is 3.50. The van der Waals surface area contributed by atoms with E-state index in [-0.39, 0.29) is 36.5 Å². The van der Waals surface area contributed by atoms with Crippen LogP contribution in [0.2, 0.25) is 0 Å². The van der Waals surface area contributed by atoms with Crippen LogP contribution in [0.25, 0.3) is 10.6 Å². The number of carbonyl (C=O) groups is 1. The number of thiazole rings is 1. The van der Waals surface area contributed by atoms with Crippen LogP contribution in [-0.2, 0) is 11.3 Å². The highest BCUT2D eigenvalue weighted by Crippen LogP contribution is 2.38. The highest BCUT2D eigenvalue weighted by atomic mass is 32.1. The molecule has 2 fully saturated rings. The SMILES string of the molecule is O=C(OCc1ccccc1)N1CC(c2csc(-c3ccc(F)cc3)n2)C2NCCC21. The second-order valence-corrected chi connectivity index (χ2v) is 8.58. The zero-order valence-corrected chi connectivity index (χ0v) is 17.1. The first-order valence-electron chi connectivity index (χ1n) is 10.1. The molecule has 3 unspecified atom stereocenters. The molecule has 1 aromatic heterocycles. The first-order valence-corrected chi connectivity index (χ1v) is 11.0. The van der Waals surface area contributed by atoms with Crippen molar-refractivity contribution in [1.82, 2.24) is 15.2 Å². The first kappa shape index (κ1) is 19.2. The number of halogens is 1. The quantitative estimate of drug-likeness (QED) is 0.675. The summed E-state index contributed by atoms with van der Waals surface area (Å²) in [6, 6.07) is 16.4. The molecule has 5 nitrogen and oxygen atoms in total. The Morgan fingerprint density at radius 1 is 1.20 bits per heavy atom. The van der Waals surface area contributed by atoms with E-state index in [2.05, 4.69) is 10.7 Å². The van der Waals surface area contributed by atoms with E-state index in [0.717, 1.165) is 34.8 Å². The molecule has 1 amide bonds. The molecule has 0 aliphatic carbocycles. The van der Waals surface area contributed by atoms with Crippen molar-refractivity contribution in [2.24, 2.45) is 0 Å². The summed E-state index contributed by atoms with van der Waals surface area (Å²) in [5.74, 6) is -0.138. The number of likely N-dealkylation sites (tertiary alicyclic amines) is 1. The van der Waals surface area contributed by atoms with Crippen LogP contribution >= 0.6 is 11.3 Å². The summed E-state index contributed by atoms with van der Waals surface area (Å²) in [6.07, 6.45) is 0.644. The predicted molar refractivity (Wildman–Crippen MR) is 114 cm³/mol. The van der Waals surface area contributed by atoms with Crippen molar-refractivity contribution in [2.45, 2.75) is 31.0 Å². The number of ether oxygens (including phenoxy) is 1. The zero-order valence-electron chi connectivity index (χ0n) is 16.3. The maximum absolute atomic E-state index is 13.2. The number of benzene rings is 2. The molecule has 3 aromatic rings. The molecule has 0 saturated carbocycles. The zero-order chi connectivity index (χ0) is 20.5. The van der Waals surface area contributed by atoms with Gasteiger partial charge in [0.25, 0.3) is 0 Å². The van der Waals surface area contributed by atoms with Crippen molar-refractivity contribution < 1.29 is 13.9 Å². The van der Waals surface area contributed by atoms with E-state index in [4.69, 9.17) is 9.72 Å². The molecule has 2 aliphatic heterocycles. The number of hydrogen-bond donors (Lipinski definition) is 1. The Morgan fingerprint density at radius 3 is 2.80 bits per heavy atom. The van der Waals surface area contributed by atoms with Crippen LogP contribution in [0.5, 0.6) is 0 Å². The fourth-order valence-corrected chi connectivity index (χ4v) is 5.30. The molecule has 2 aliphatic rings.